The van der Waals surface area contributed by atoms with Crippen LogP contribution in [0.3, 0.4) is 0 Å². The summed E-state index contributed by atoms with van der Waals surface area (Å²) in [6.07, 6.45) is 3.97. The number of halogens is 1. The Balaban J connectivity index is 2.14. The number of nitrogens with one attached hydrogen (secondary N) is 1. The molecular formula is C15H14BrN3OS. The van der Waals surface area contributed by atoms with E-state index in [9.17, 15) is 5.11 Å². The molecule has 2 N–H and O–H groups in total. The molecule has 21 heavy (non-hydrogen) atoms. The predicted molar refractivity (Wildman–Crippen MR) is 90.9 cm³/mol. The third-order valence-corrected chi connectivity index (χ3v) is 5.51. The lowest BCUT2D eigenvalue weighted by atomic mass is 10.1. The summed E-state index contributed by atoms with van der Waals surface area (Å²) in [5, 5.41) is 15.7. The highest BCUT2D eigenvalue weighted by molar-refractivity contribution is 9.10. The van der Waals surface area contributed by atoms with Crippen molar-refractivity contribution in [1.29, 1.82) is 0 Å². The SMILES string of the molecule is CSCC1NCn2c3ccc(O)c(Br)c3c3ccnc1c32. The molecule has 3 heterocycles. The summed E-state index contributed by atoms with van der Waals surface area (Å²) >= 11 is 5.35. The molecule has 6 heteroatoms. The quantitative estimate of drug-likeness (QED) is 0.729. The first-order chi connectivity index (χ1) is 10.2. The van der Waals surface area contributed by atoms with Gasteiger partial charge in [0.2, 0.25) is 0 Å². The van der Waals surface area contributed by atoms with Gasteiger partial charge in [0.1, 0.15) is 5.75 Å². The number of rotatable bonds is 2. The lowest BCUT2D eigenvalue weighted by Crippen LogP contribution is -2.31. The molecule has 1 unspecified atom stereocenters. The monoisotopic (exact) mass is 363 g/mol. The molecular weight excluding hydrogens is 350 g/mol. The van der Waals surface area contributed by atoms with Crippen LogP contribution < -0.4 is 5.32 Å². The Bertz CT molecular complexity index is 861. The van der Waals surface area contributed by atoms with E-state index in [1.54, 1.807) is 6.07 Å². The highest BCUT2D eigenvalue weighted by Crippen LogP contribution is 2.41. The number of phenolic OH excluding ortho intramolecular Hbond substituents is 1. The standard InChI is InChI=1S/C15H14BrN3OS/c1-21-6-9-14-15-8(4-5-17-14)12-10(19(15)7-18-9)2-3-11(20)13(12)16/h2-5,9,18,20H,6-7H2,1H3. The van der Waals surface area contributed by atoms with E-state index in [0.717, 1.165) is 38.9 Å². The largest absolute Gasteiger partial charge is 0.507 e. The molecule has 0 spiro atoms. The number of fused-ring (bicyclic) bond motifs is 3. The van der Waals surface area contributed by atoms with Crippen molar-refractivity contribution in [1.82, 2.24) is 14.9 Å². The first-order valence-corrected chi connectivity index (χ1v) is 8.91. The first kappa shape index (κ1) is 13.4. The normalized spacial score (nSPS) is 17.7. The molecule has 0 aliphatic carbocycles. The van der Waals surface area contributed by atoms with Crippen molar-refractivity contribution in [2.75, 3.05) is 12.0 Å². The Labute approximate surface area is 134 Å². The van der Waals surface area contributed by atoms with Gasteiger partial charge in [0.25, 0.3) is 0 Å². The molecule has 0 saturated carbocycles. The fourth-order valence-corrected chi connectivity index (χ4v) is 4.29. The summed E-state index contributed by atoms with van der Waals surface area (Å²) in [7, 11) is 0. The third kappa shape index (κ3) is 1.82. The van der Waals surface area contributed by atoms with Crippen LogP contribution in [0.4, 0.5) is 0 Å². The molecule has 4 rings (SSSR count). The summed E-state index contributed by atoms with van der Waals surface area (Å²) in [4.78, 5) is 4.61. The third-order valence-electron chi connectivity index (χ3n) is 4.04. The van der Waals surface area contributed by atoms with E-state index in [-0.39, 0.29) is 11.8 Å². The van der Waals surface area contributed by atoms with Gasteiger partial charge in [-0.2, -0.15) is 11.8 Å². The Morgan fingerprint density at radius 1 is 1.48 bits per heavy atom. The van der Waals surface area contributed by atoms with Crippen LogP contribution in [0.25, 0.3) is 21.8 Å². The van der Waals surface area contributed by atoms with Crippen molar-refractivity contribution in [3.63, 3.8) is 0 Å². The topological polar surface area (TPSA) is 50.1 Å². The van der Waals surface area contributed by atoms with Crippen LogP contribution in [0.15, 0.2) is 28.9 Å². The molecule has 3 aromatic rings. The maximum atomic E-state index is 9.99. The summed E-state index contributed by atoms with van der Waals surface area (Å²) in [6.45, 7) is 0.765. The van der Waals surface area contributed by atoms with Crippen molar-refractivity contribution >= 4 is 49.5 Å². The van der Waals surface area contributed by atoms with Gasteiger partial charge in [0, 0.05) is 22.7 Å². The lowest BCUT2D eigenvalue weighted by molar-refractivity contribution is 0.471. The van der Waals surface area contributed by atoms with Crippen LogP contribution in [0.1, 0.15) is 11.7 Å². The maximum Gasteiger partial charge on any atom is 0.130 e. The fourth-order valence-electron chi connectivity index (χ4n) is 3.13. The molecule has 0 amide bonds. The number of nitrogens with zero attached hydrogens (tertiary/aromatic N) is 2. The van der Waals surface area contributed by atoms with E-state index in [0.29, 0.717) is 0 Å². The average Bonchev–Trinajstić information content (AvgIpc) is 2.82. The number of hydrogen-bond acceptors (Lipinski definition) is 4. The van der Waals surface area contributed by atoms with E-state index in [2.05, 4.69) is 37.1 Å². The van der Waals surface area contributed by atoms with Gasteiger partial charge in [-0.1, -0.05) is 0 Å². The molecule has 4 nitrogen and oxygen atoms in total. The number of pyridine rings is 1. The molecule has 0 bridgehead atoms. The minimum Gasteiger partial charge on any atom is -0.507 e. The summed E-state index contributed by atoms with van der Waals surface area (Å²) in [6, 6.07) is 6.00. The zero-order chi connectivity index (χ0) is 14.6. The van der Waals surface area contributed by atoms with Crippen LogP contribution in [0.2, 0.25) is 0 Å². The van der Waals surface area contributed by atoms with E-state index in [4.69, 9.17) is 0 Å². The molecule has 1 atom stereocenters. The van der Waals surface area contributed by atoms with Crippen molar-refractivity contribution in [3.8, 4) is 5.75 Å². The van der Waals surface area contributed by atoms with Gasteiger partial charge in [-0.3, -0.25) is 10.3 Å². The van der Waals surface area contributed by atoms with Crippen LogP contribution in [0.5, 0.6) is 5.75 Å². The fraction of sp³-hybridized carbons (Fsp3) is 0.267. The minimum absolute atomic E-state index is 0.271. The number of aromatic nitrogens is 2. The van der Waals surface area contributed by atoms with Gasteiger partial charge in [-0.25, -0.2) is 0 Å². The van der Waals surface area contributed by atoms with E-state index in [1.165, 1.54) is 5.52 Å². The lowest BCUT2D eigenvalue weighted by Gasteiger charge is -2.25. The number of benzene rings is 1. The Morgan fingerprint density at radius 2 is 2.33 bits per heavy atom. The number of phenols is 1. The van der Waals surface area contributed by atoms with E-state index in [1.807, 2.05) is 30.1 Å². The second-order valence-electron chi connectivity index (χ2n) is 5.18. The number of thioether (sulfide) groups is 1. The van der Waals surface area contributed by atoms with Crippen LogP contribution in [-0.2, 0) is 6.67 Å². The minimum atomic E-state index is 0.271. The van der Waals surface area contributed by atoms with Gasteiger partial charge < -0.3 is 9.67 Å². The number of hydrogen-bond donors (Lipinski definition) is 2. The van der Waals surface area contributed by atoms with Gasteiger partial charge >= 0.3 is 0 Å². The zero-order valence-electron chi connectivity index (χ0n) is 11.4. The number of aromatic hydroxyl groups is 1. The molecule has 1 aliphatic rings. The first-order valence-electron chi connectivity index (χ1n) is 6.73. The van der Waals surface area contributed by atoms with Gasteiger partial charge in [-0.15, -0.1) is 0 Å². The van der Waals surface area contributed by atoms with Crippen LogP contribution in [0, 0.1) is 0 Å². The molecule has 0 radical (unpaired) electrons. The Kier molecular flexibility index (Phi) is 3.13. The second-order valence-corrected chi connectivity index (χ2v) is 6.89. The van der Waals surface area contributed by atoms with Crippen molar-refractivity contribution < 1.29 is 5.11 Å². The predicted octanol–water partition coefficient (Wildman–Crippen LogP) is 3.62. The summed E-state index contributed by atoms with van der Waals surface area (Å²) < 4.78 is 3.00. The molecule has 108 valence electrons. The van der Waals surface area contributed by atoms with Crippen LogP contribution in [-0.4, -0.2) is 26.7 Å². The van der Waals surface area contributed by atoms with Crippen molar-refractivity contribution in [2.45, 2.75) is 12.7 Å². The molecule has 2 aromatic heterocycles. The highest BCUT2D eigenvalue weighted by atomic mass is 79.9. The highest BCUT2D eigenvalue weighted by Gasteiger charge is 2.26. The summed E-state index contributed by atoms with van der Waals surface area (Å²) in [5.74, 6) is 1.27. The molecule has 0 saturated heterocycles. The molecule has 0 fully saturated rings. The van der Waals surface area contributed by atoms with Gasteiger partial charge in [0.15, 0.2) is 0 Å². The van der Waals surface area contributed by atoms with Gasteiger partial charge in [-0.05, 0) is 40.4 Å². The Hall–Kier alpha value is -1.24. The van der Waals surface area contributed by atoms with Crippen LogP contribution >= 0.6 is 27.7 Å². The molecule has 1 aromatic carbocycles. The van der Waals surface area contributed by atoms with Crippen molar-refractivity contribution in [2.24, 2.45) is 0 Å². The summed E-state index contributed by atoms with van der Waals surface area (Å²) in [5.41, 5.74) is 3.38. The smallest absolute Gasteiger partial charge is 0.130 e. The van der Waals surface area contributed by atoms with E-state index < -0.39 is 0 Å². The zero-order valence-corrected chi connectivity index (χ0v) is 13.8. The average molecular weight is 364 g/mol. The van der Waals surface area contributed by atoms with Crippen molar-refractivity contribution in [3.05, 3.63) is 34.6 Å². The molecule has 1 aliphatic heterocycles. The van der Waals surface area contributed by atoms with Gasteiger partial charge in [0.05, 0.1) is 33.9 Å². The maximum absolute atomic E-state index is 9.99. The Morgan fingerprint density at radius 3 is 3.14 bits per heavy atom. The second kappa shape index (κ2) is 4.90. The van der Waals surface area contributed by atoms with E-state index >= 15 is 0 Å².